The van der Waals surface area contributed by atoms with Gasteiger partial charge in [0.2, 0.25) is 0 Å². The molecular formula is C6H11O. The third-order valence-corrected chi connectivity index (χ3v) is 0.744. The van der Waals surface area contributed by atoms with Crippen LogP contribution in [0.15, 0.2) is 12.8 Å². The van der Waals surface area contributed by atoms with E-state index in [2.05, 4.69) is 13.5 Å². The molecule has 7 heavy (non-hydrogen) atoms. The molecule has 41 valence electrons. The first-order chi connectivity index (χ1) is 3.31. The standard InChI is InChI=1S/C6H11O/c1-4-6(3)7-5-2/h5-6H,2-4H2,1H3. The van der Waals surface area contributed by atoms with Crippen LogP contribution in [0.25, 0.3) is 0 Å². The summed E-state index contributed by atoms with van der Waals surface area (Å²) in [4.78, 5) is 0. The van der Waals surface area contributed by atoms with Crippen LogP contribution in [0, 0.1) is 6.92 Å². The van der Waals surface area contributed by atoms with Crippen LogP contribution in [0.1, 0.15) is 13.3 Å². The lowest BCUT2D eigenvalue weighted by Crippen LogP contribution is -1.99. The van der Waals surface area contributed by atoms with Crippen molar-refractivity contribution in [3.63, 3.8) is 0 Å². The summed E-state index contributed by atoms with van der Waals surface area (Å²) in [6.45, 7) is 9.05. The molecule has 0 N–H and O–H groups in total. The lowest BCUT2D eigenvalue weighted by atomic mass is 10.3. The molecule has 0 aliphatic rings. The Morgan fingerprint density at radius 1 is 1.86 bits per heavy atom. The van der Waals surface area contributed by atoms with E-state index in [1.54, 1.807) is 0 Å². The average molecular weight is 99.2 g/mol. The Labute approximate surface area is 45.0 Å². The van der Waals surface area contributed by atoms with Gasteiger partial charge in [0.05, 0.1) is 12.4 Å². The van der Waals surface area contributed by atoms with Crippen LogP contribution in [-0.2, 0) is 4.74 Å². The van der Waals surface area contributed by atoms with Crippen molar-refractivity contribution in [2.24, 2.45) is 0 Å². The van der Waals surface area contributed by atoms with E-state index in [4.69, 9.17) is 4.74 Å². The molecule has 0 fully saturated rings. The maximum absolute atomic E-state index is 4.84. The van der Waals surface area contributed by atoms with Crippen molar-refractivity contribution in [2.45, 2.75) is 19.4 Å². The monoisotopic (exact) mass is 99.1 g/mol. The summed E-state index contributed by atoms with van der Waals surface area (Å²) < 4.78 is 4.84. The van der Waals surface area contributed by atoms with Crippen LogP contribution in [0.4, 0.5) is 0 Å². The fourth-order valence-electron chi connectivity index (χ4n) is 0.232. The summed E-state index contributed by atoms with van der Waals surface area (Å²) in [5.41, 5.74) is 0. The van der Waals surface area contributed by atoms with Gasteiger partial charge in [-0.15, -0.1) is 0 Å². The number of hydrogen-bond acceptors (Lipinski definition) is 1. The Kier molecular flexibility index (Phi) is 3.48. The molecule has 0 aromatic heterocycles. The van der Waals surface area contributed by atoms with E-state index >= 15 is 0 Å². The third kappa shape index (κ3) is 3.37. The third-order valence-electron chi connectivity index (χ3n) is 0.744. The second kappa shape index (κ2) is 3.72. The van der Waals surface area contributed by atoms with Crippen molar-refractivity contribution >= 4 is 0 Å². The molecule has 0 aliphatic carbocycles. The van der Waals surface area contributed by atoms with Crippen molar-refractivity contribution in [1.29, 1.82) is 0 Å². The van der Waals surface area contributed by atoms with Gasteiger partial charge in [0.25, 0.3) is 0 Å². The van der Waals surface area contributed by atoms with Gasteiger partial charge in [-0.05, 0) is 13.3 Å². The molecule has 0 bridgehead atoms. The molecule has 1 radical (unpaired) electrons. The molecule has 0 amide bonds. The minimum absolute atomic E-state index is 0.0810. The average Bonchev–Trinajstić information content (AvgIpc) is 1.68. The molecule has 0 aromatic carbocycles. The molecule has 1 atom stereocenters. The summed E-state index contributed by atoms with van der Waals surface area (Å²) in [6.07, 6.45) is 2.44. The minimum Gasteiger partial charge on any atom is -0.499 e. The first kappa shape index (κ1) is 6.54. The van der Waals surface area contributed by atoms with Gasteiger partial charge >= 0.3 is 0 Å². The highest BCUT2D eigenvalue weighted by Gasteiger charge is 1.90. The molecule has 0 aromatic rings. The smallest absolute Gasteiger partial charge is 0.0976 e. The van der Waals surface area contributed by atoms with E-state index in [-0.39, 0.29) is 6.10 Å². The van der Waals surface area contributed by atoms with E-state index in [1.165, 1.54) is 6.26 Å². The molecule has 0 saturated heterocycles. The molecule has 0 aliphatic heterocycles. The van der Waals surface area contributed by atoms with Gasteiger partial charge in [0.1, 0.15) is 0 Å². The van der Waals surface area contributed by atoms with Crippen molar-refractivity contribution < 1.29 is 4.74 Å². The largest absolute Gasteiger partial charge is 0.499 e. The first-order valence-electron chi connectivity index (χ1n) is 2.40. The van der Waals surface area contributed by atoms with Crippen LogP contribution in [-0.4, -0.2) is 6.10 Å². The quantitative estimate of drug-likeness (QED) is 0.490. The lowest BCUT2D eigenvalue weighted by molar-refractivity contribution is 0.182. The maximum atomic E-state index is 4.84. The molecule has 1 heteroatoms. The van der Waals surface area contributed by atoms with E-state index in [9.17, 15) is 0 Å². The van der Waals surface area contributed by atoms with Gasteiger partial charge in [-0.2, -0.15) is 0 Å². The van der Waals surface area contributed by atoms with E-state index < -0.39 is 0 Å². The highest BCUT2D eigenvalue weighted by molar-refractivity contribution is 4.61. The van der Waals surface area contributed by atoms with Gasteiger partial charge in [-0.3, -0.25) is 0 Å². The van der Waals surface area contributed by atoms with E-state index in [1.807, 2.05) is 6.92 Å². The van der Waals surface area contributed by atoms with Crippen LogP contribution in [0.5, 0.6) is 0 Å². The van der Waals surface area contributed by atoms with Gasteiger partial charge in [0.15, 0.2) is 0 Å². The second-order valence-electron chi connectivity index (χ2n) is 1.33. The second-order valence-corrected chi connectivity index (χ2v) is 1.33. The summed E-state index contributed by atoms with van der Waals surface area (Å²) >= 11 is 0. The summed E-state index contributed by atoms with van der Waals surface area (Å²) in [5, 5.41) is 0. The van der Waals surface area contributed by atoms with Crippen LogP contribution in [0.3, 0.4) is 0 Å². The minimum atomic E-state index is 0.0810. The molecule has 0 saturated carbocycles. The molecule has 0 spiro atoms. The van der Waals surface area contributed by atoms with Crippen LogP contribution >= 0.6 is 0 Å². The first-order valence-corrected chi connectivity index (χ1v) is 2.40. The molecule has 0 rings (SSSR count). The maximum Gasteiger partial charge on any atom is 0.0976 e. The fraction of sp³-hybridized carbons (Fsp3) is 0.500. The molecule has 0 heterocycles. The highest BCUT2D eigenvalue weighted by Crippen LogP contribution is 1.92. The predicted octanol–water partition coefficient (Wildman–Crippen LogP) is 1.76. The zero-order chi connectivity index (χ0) is 5.70. The van der Waals surface area contributed by atoms with Gasteiger partial charge in [-0.1, -0.05) is 13.5 Å². The number of hydrogen-bond donors (Lipinski definition) is 0. The zero-order valence-electron chi connectivity index (χ0n) is 4.68. The zero-order valence-corrected chi connectivity index (χ0v) is 4.68. The van der Waals surface area contributed by atoms with Gasteiger partial charge < -0.3 is 4.74 Å². The van der Waals surface area contributed by atoms with Gasteiger partial charge in [-0.25, -0.2) is 0 Å². The van der Waals surface area contributed by atoms with Crippen molar-refractivity contribution in [3.05, 3.63) is 19.8 Å². The highest BCUT2D eigenvalue weighted by atomic mass is 16.5. The fourth-order valence-corrected chi connectivity index (χ4v) is 0.232. The van der Waals surface area contributed by atoms with Crippen molar-refractivity contribution in [3.8, 4) is 0 Å². The lowest BCUT2D eigenvalue weighted by Gasteiger charge is -2.04. The van der Waals surface area contributed by atoms with Crippen LogP contribution < -0.4 is 0 Å². The summed E-state index contributed by atoms with van der Waals surface area (Å²) in [7, 11) is 0. The Morgan fingerprint density at radius 3 is 2.57 bits per heavy atom. The number of ether oxygens (including phenoxy) is 1. The summed E-state index contributed by atoms with van der Waals surface area (Å²) in [6, 6.07) is 0. The topological polar surface area (TPSA) is 9.23 Å². The van der Waals surface area contributed by atoms with E-state index in [0.29, 0.717) is 0 Å². The molecular weight excluding hydrogens is 88.1 g/mol. The molecule has 1 nitrogen and oxygen atoms in total. The predicted molar refractivity (Wildman–Crippen MR) is 30.7 cm³/mol. The molecule has 1 unspecified atom stereocenters. The SMILES string of the molecule is [CH2]C(CC)OC=C. The van der Waals surface area contributed by atoms with Crippen LogP contribution in [0.2, 0.25) is 0 Å². The van der Waals surface area contributed by atoms with E-state index in [0.717, 1.165) is 6.42 Å². The Morgan fingerprint density at radius 2 is 2.43 bits per heavy atom. The Hall–Kier alpha value is -0.460. The number of rotatable bonds is 3. The Bertz CT molecular complexity index is 50.1. The Balaban J connectivity index is 2.98. The summed E-state index contributed by atoms with van der Waals surface area (Å²) in [5.74, 6) is 0. The normalized spacial score (nSPS) is 12.9. The van der Waals surface area contributed by atoms with Crippen molar-refractivity contribution in [1.82, 2.24) is 0 Å². The van der Waals surface area contributed by atoms with Crippen molar-refractivity contribution in [2.75, 3.05) is 0 Å². The van der Waals surface area contributed by atoms with Gasteiger partial charge in [0, 0.05) is 0 Å².